The number of rotatable bonds is 5. The number of nitrogens with zero attached hydrogens (tertiary/aromatic N) is 2. The van der Waals surface area contributed by atoms with E-state index in [9.17, 15) is 0 Å². The van der Waals surface area contributed by atoms with Gasteiger partial charge in [0.15, 0.2) is 0 Å². The summed E-state index contributed by atoms with van der Waals surface area (Å²) in [5, 5.41) is 0.733. The van der Waals surface area contributed by atoms with E-state index in [0.29, 0.717) is 0 Å². The van der Waals surface area contributed by atoms with Gasteiger partial charge in [-0.1, -0.05) is 37.1 Å². The highest BCUT2D eigenvalue weighted by atomic mass is 79.9. The molecule has 0 amide bonds. The molecule has 0 saturated carbocycles. The lowest BCUT2D eigenvalue weighted by molar-refractivity contribution is 0.308. The third kappa shape index (κ3) is 3.62. The molecule has 0 unspecified atom stereocenters. The minimum Gasteiger partial charge on any atom is -0.492 e. The molecule has 0 saturated heterocycles. The maximum atomic E-state index is 5.95. The number of halogens is 2. The Morgan fingerprint density at radius 2 is 1.91 bits per heavy atom. The third-order valence-electron chi connectivity index (χ3n) is 3.39. The Kier molecular flexibility index (Phi) is 5.86. The van der Waals surface area contributed by atoms with Gasteiger partial charge in [-0.25, -0.2) is 4.98 Å². The van der Waals surface area contributed by atoms with Crippen molar-refractivity contribution >= 4 is 34.2 Å². The fourth-order valence-electron chi connectivity index (χ4n) is 2.22. The van der Waals surface area contributed by atoms with Gasteiger partial charge in [0.2, 0.25) is 0 Å². The smallest absolute Gasteiger partial charge is 0.137 e. The standard InChI is InChI=1S/C17H17ClN2O.BrH/c1-2-3-10-21-15-8-9-17-19-11-16(20(17)12-15)13-4-6-14(18)7-5-13;/h4-9,11-12H,2-3,10H2,1H3;1H. The lowest BCUT2D eigenvalue weighted by Gasteiger charge is -2.07. The molecule has 0 radical (unpaired) electrons. The van der Waals surface area contributed by atoms with Gasteiger partial charge in [-0.15, -0.1) is 17.0 Å². The van der Waals surface area contributed by atoms with Crippen LogP contribution in [-0.4, -0.2) is 16.0 Å². The van der Waals surface area contributed by atoms with Crippen LogP contribution < -0.4 is 4.74 Å². The Hall–Kier alpha value is -1.52. The molecule has 0 atom stereocenters. The minimum atomic E-state index is 0. The Balaban J connectivity index is 0.00000176. The Morgan fingerprint density at radius 3 is 2.64 bits per heavy atom. The maximum absolute atomic E-state index is 5.95. The first kappa shape index (κ1) is 16.8. The van der Waals surface area contributed by atoms with E-state index < -0.39 is 0 Å². The van der Waals surface area contributed by atoms with Crippen LogP contribution in [0.4, 0.5) is 0 Å². The molecule has 3 aromatic rings. The van der Waals surface area contributed by atoms with Crippen molar-refractivity contribution in [3.05, 3.63) is 53.8 Å². The van der Waals surface area contributed by atoms with E-state index in [1.807, 2.05) is 53.2 Å². The van der Waals surface area contributed by atoms with Crippen LogP contribution in [0.5, 0.6) is 5.75 Å². The van der Waals surface area contributed by atoms with E-state index in [1.165, 1.54) is 0 Å². The number of imidazole rings is 1. The molecule has 0 spiro atoms. The molecule has 0 aliphatic carbocycles. The molecule has 3 nitrogen and oxygen atoms in total. The summed E-state index contributed by atoms with van der Waals surface area (Å²) in [5.74, 6) is 0.865. The van der Waals surface area contributed by atoms with Gasteiger partial charge >= 0.3 is 0 Å². The monoisotopic (exact) mass is 380 g/mol. The highest BCUT2D eigenvalue weighted by Gasteiger charge is 2.07. The van der Waals surface area contributed by atoms with Crippen molar-refractivity contribution < 1.29 is 4.74 Å². The second-order valence-electron chi connectivity index (χ2n) is 4.95. The molecule has 0 aliphatic heterocycles. The SMILES string of the molecule is Br.CCCCOc1ccc2ncc(-c3ccc(Cl)cc3)n2c1. The van der Waals surface area contributed by atoms with Crippen molar-refractivity contribution in [3.8, 4) is 17.0 Å². The minimum absolute atomic E-state index is 0. The second-order valence-corrected chi connectivity index (χ2v) is 5.38. The van der Waals surface area contributed by atoms with Crippen LogP contribution in [0.25, 0.3) is 16.9 Å². The van der Waals surface area contributed by atoms with Gasteiger partial charge in [0, 0.05) is 10.6 Å². The van der Waals surface area contributed by atoms with E-state index >= 15 is 0 Å². The summed E-state index contributed by atoms with van der Waals surface area (Å²) in [6, 6.07) is 11.7. The van der Waals surface area contributed by atoms with Crippen LogP contribution in [-0.2, 0) is 0 Å². The van der Waals surface area contributed by atoms with Gasteiger partial charge < -0.3 is 4.74 Å². The van der Waals surface area contributed by atoms with Crippen molar-refractivity contribution in [2.75, 3.05) is 6.61 Å². The van der Waals surface area contributed by atoms with E-state index in [1.54, 1.807) is 0 Å². The average Bonchev–Trinajstić information content (AvgIpc) is 2.92. The van der Waals surface area contributed by atoms with Crippen LogP contribution in [0.1, 0.15) is 19.8 Å². The van der Waals surface area contributed by atoms with Crippen molar-refractivity contribution in [3.63, 3.8) is 0 Å². The molecule has 3 rings (SSSR count). The van der Waals surface area contributed by atoms with Gasteiger partial charge in [-0.2, -0.15) is 0 Å². The zero-order valence-electron chi connectivity index (χ0n) is 12.3. The van der Waals surface area contributed by atoms with Gasteiger partial charge in [0.25, 0.3) is 0 Å². The van der Waals surface area contributed by atoms with Gasteiger partial charge in [0.05, 0.1) is 24.7 Å². The summed E-state index contributed by atoms with van der Waals surface area (Å²) in [7, 11) is 0. The molecular weight excluding hydrogens is 364 g/mol. The second kappa shape index (κ2) is 7.65. The Bertz CT molecular complexity index is 740. The van der Waals surface area contributed by atoms with Gasteiger partial charge in [-0.3, -0.25) is 4.40 Å². The van der Waals surface area contributed by atoms with Crippen molar-refractivity contribution in [1.82, 2.24) is 9.38 Å². The first-order chi connectivity index (χ1) is 10.3. The number of pyridine rings is 1. The molecule has 0 aliphatic rings. The van der Waals surface area contributed by atoms with Crippen LogP contribution >= 0.6 is 28.6 Å². The zero-order valence-corrected chi connectivity index (χ0v) is 14.8. The first-order valence-corrected chi connectivity index (χ1v) is 7.51. The lowest BCUT2D eigenvalue weighted by atomic mass is 10.2. The van der Waals surface area contributed by atoms with Crippen LogP contribution in [0.2, 0.25) is 5.02 Å². The number of ether oxygens (including phenoxy) is 1. The third-order valence-corrected chi connectivity index (χ3v) is 3.64. The number of hydrogen-bond acceptors (Lipinski definition) is 2. The summed E-state index contributed by atoms with van der Waals surface area (Å²) in [4.78, 5) is 4.43. The maximum Gasteiger partial charge on any atom is 0.137 e. The quantitative estimate of drug-likeness (QED) is 0.552. The molecule has 2 aromatic heterocycles. The molecule has 0 N–H and O–H groups in total. The summed E-state index contributed by atoms with van der Waals surface area (Å²) in [6.45, 7) is 2.90. The van der Waals surface area contributed by atoms with Crippen LogP contribution in [0, 0.1) is 0 Å². The molecule has 116 valence electrons. The number of hydrogen-bond donors (Lipinski definition) is 0. The van der Waals surface area contributed by atoms with Gasteiger partial charge in [-0.05, 0) is 30.7 Å². The predicted octanol–water partition coefficient (Wildman–Crippen LogP) is 5.41. The largest absolute Gasteiger partial charge is 0.492 e. The number of aromatic nitrogens is 2. The molecule has 5 heteroatoms. The lowest BCUT2D eigenvalue weighted by Crippen LogP contribution is -1.98. The van der Waals surface area contributed by atoms with E-state index in [2.05, 4.69) is 11.9 Å². The molecule has 2 heterocycles. The summed E-state index contributed by atoms with van der Waals surface area (Å²) in [5.41, 5.74) is 3.02. The summed E-state index contributed by atoms with van der Waals surface area (Å²) < 4.78 is 7.81. The molecule has 22 heavy (non-hydrogen) atoms. The fourth-order valence-corrected chi connectivity index (χ4v) is 2.34. The van der Waals surface area contributed by atoms with E-state index in [0.717, 1.165) is 47.1 Å². The molecule has 0 bridgehead atoms. The van der Waals surface area contributed by atoms with E-state index in [4.69, 9.17) is 16.3 Å². The van der Waals surface area contributed by atoms with Crippen molar-refractivity contribution in [2.24, 2.45) is 0 Å². The topological polar surface area (TPSA) is 26.5 Å². The number of fused-ring (bicyclic) bond motifs is 1. The Morgan fingerprint density at radius 1 is 1.14 bits per heavy atom. The van der Waals surface area contributed by atoms with Gasteiger partial charge in [0.1, 0.15) is 11.4 Å². The van der Waals surface area contributed by atoms with Crippen molar-refractivity contribution in [2.45, 2.75) is 19.8 Å². The fraction of sp³-hybridized carbons (Fsp3) is 0.235. The predicted molar refractivity (Wildman–Crippen MR) is 96.4 cm³/mol. The van der Waals surface area contributed by atoms with Crippen LogP contribution in [0.15, 0.2) is 48.8 Å². The highest BCUT2D eigenvalue weighted by molar-refractivity contribution is 8.93. The number of benzene rings is 1. The number of unbranched alkanes of at least 4 members (excludes halogenated alkanes) is 1. The van der Waals surface area contributed by atoms with E-state index in [-0.39, 0.29) is 17.0 Å². The zero-order chi connectivity index (χ0) is 14.7. The summed E-state index contributed by atoms with van der Waals surface area (Å²) in [6.07, 6.45) is 6.05. The highest BCUT2D eigenvalue weighted by Crippen LogP contribution is 2.24. The average molecular weight is 382 g/mol. The molecular formula is C17H18BrClN2O. The summed E-state index contributed by atoms with van der Waals surface area (Å²) >= 11 is 5.95. The Labute approximate surface area is 145 Å². The van der Waals surface area contributed by atoms with Crippen LogP contribution in [0.3, 0.4) is 0 Å². The molecule has 0 fully saturated rings. The van der Waals surface area contributed by atoms with Crippen molar-refractivity contribution in [1.29, 1.82) is 0 Å². The normalized spacial score (nSPS) is 10.5. The first-order valence-electron chi connectivity index (χ1n) is 7.14. The molecule has 1 aromatic carbocycles.